The highest BCUT2D eigenvalue weighted by Gasteiger charge is 2.38. The first-order chi connectivity index (χ1) is 13.4. The first-order valence-corrected chi connectivity index (χ1v) is 11.1. The van der Waals surface area contributed by atoms with Gasteiger partial charge in [0.1, 0.15) is 0 Å². The van der Waals surface area contributed by atoms with Crippen molar-refractivity contribution in [2.45, 2.75) is 24.7 Å². The van der Waals surface area contributed by atoms with E-state index in [1.54, 1.807) is 52.3 Å². The van der Waals surface area contributed by atoms with Crippen molar-refractivity contribution in [2.24, 2.45) is 5.92 Å². The van der Waals surface area contributed by atoms with Crippen LogP contribution in [0.1, 0.15) is 19.8 Å². The summed E-state index contributed by atoms with van der Waals surface area (Å²) in [4.78, 5) is 16.5. The number of hydrogen-bond acceptors (Lipinski definition) is 4. The minimum absolute atomic E-state index is 0.131. The number of halogens is 1. The van der Waals surface area contributed by atoms with Gasteiger partial charge in [-0.15, -0.1) is 0 Å². The van der Waals surface area contributed by atoms with E-state index in [1.807, 2.05) is 6.07 Å². The molecule has 2 heterocycles. The molecule has 0 saturated carbocycles. The molecule has 0 bridgehead atoms. The minimum Gasteiger partial charge on any atom is -0.338 e. The zero-order valence-corrected chi connectivity index (χ0v) is 17.1. The molecule has 0 aromatic heterocycles. The Morgan fingerprint density at radius 1 is 1.07 bits per heavy atom. The number of rotatable bonds is 2. The number of piperidine rings is 1. The highest BCUT2D eigenvalue weighted by molar-refractivity contribution is 7.96. The number of carbonyl (C=O) groups excluding carboxylic acids is 1. The van der Waals surface area contributed by atoms with Crippen LogP contribution in [-0.4, -0.2) is 32.3 Å². The quantitative estimate of drug-likeness (QED) is 0.729. The van der Waals surface area contributed by atoms with Gasteiger partial charge in [0.25, 0.3) is 5.91 Å². The second-order valence-corrected chi connectivity index (χ2v) is 9.61. The smallest absolute Gasteiger partial charge is 0.267 e. The van der Waals surface area contributed by atoms with Gasteiger partial charge >= 0.3 is 0 Å². The van der Waals surface area contributed by atoms with E-state index in [0.29, 0.717) is 35.4 Å². The van der Waals surface area contributed by atoms with Crippen molar-refractivity contribution in [2.75, 3.05) is 18.0 Å². The molecule has 4 rings (SSSR count). The average molecular weight is 417 g/mol. The van der Waals surface area contributed by atoms with E-state index in [1.165, 1.54) is 6.20 Å². The summed E-state index contributed by atoms with van der Waals surface area (Å²) in [6.45, 7) is 3.30. The average Bonchev–Trinajstić information content (AvgIpc) is 2.68. The van der Waals surface area contributed by atoms with E-state index in [0.717, 1.165) is 12.8 Å². The van der Waals surface area contributed by atoms with Gasteiger partial charge in [-0.05, 0) is 49.1 Å². The first-order valence-electron chi connectivity index (χ1n) is 9.28. The van der Waals surface area contributed by atoms with Crippen molar-refractivity contribution in [1.29, 1.82) is 0 Å². The lowest BCUT2D eigenvalue weighted by Gasteiger charge is -2.33. The molecular formula is C21H21ClN2O3S. The molecule has 7 heteroatoms. The molecule has 0 N–H and O–H groups in total. The molecule has 5 nitrogen and oxygen atoms in total. The van der Waals surface area contributed by atoms with E-state index in [2.05, 4.69) is 6.92 Å². The summed E-state index contributed by atoms with van der Waals surface area (Å²) >= 11 is 6.14. The number of fused-ring (bicyclic) bond motifs is 1. The third-order valence-corrected chi connectivity index (χ3v) is 7.34. The van der Waals surface area contributed by atoms with Crippen molar-refractivity contribution in [3.8, 4) is 0 Å². The molecule has 1 saturated heterocycles. The van der Waals surface area contributed by atoms with E-state index >= 15 is 0 Å². The predicted octanol–water partition coefficient (Wildman–Crippen LogP) is 4.37. The molecule has 2 aliphatic rings. The summed E-state index contributed by atoms with van der Waals surface area (Å²) in [5.74, 6) is 0.109. The molecule has 0 spiro atoms. The highest BCUT2D eigenvalue weighted by atomic mass is 35.5. The SMILES string of the molecule is CC1CCN(C(=O)C2=CN(c3cccc(Cl)c3)c3ccccc3S2(=O)=O)CC1. The van der Waals surface area contributed by atoms with Crippen molar-refractivity contribution < 1.29 is 13.2 Å². The standard InChI is InChI=1S/C21H21ClN2O3S/c1-15-9-11-23(12-10-15)21(25)20-14-24(17-6-4-5-16(22)13-17)18-7-2-3-8-19(18)28(20,26)27/h2-8,13-15H,9-12H2,1H3. The number of amides is 1. The lowest BCUT2D eigenvalue weighted by atomic mass is 9.99. The number of benzene rings is 2. The van der Waals surface area contributed by atoms with Crippen LogP contribution in [0, 0.1) is 5.92 Å². The van der Waals surface area contributed by atoms with Gasteiger partial charge in [-0.3, -0.25) is 4.79 Å². The van der Waals surface area contributed by atoms with Gasteiger partial charge < -0.3 is 9.80 Å². The van der Waals surface area contributed by atoms with Crippen LogP contribution in [0.2, 0.25) is 5.02 Å². The third-order valence-electron chi connectivity index (χ3n) is 5.32. The molecule has 146 valence electrons. The second-order valence-electron chi connectivity index (χ2n) is 7.29. The van der Waals surface area contributed by atoms with Gasteiger partial charge in [0.05, 0.1) is 10.6 Å². The molecule has 2 aromatic carbocycles. The van der Waals surface area contributed by atoms with Gasteiger partial charge in [-0.25, -0.2) is 8.42 Å². The van der Waals surface area contributed by atoms with Gasteiger partial charge in [-0.2, -0.15) is 0 Å². The predicted molar refractivity (Wildman–Crippen MR) is 110 cm³/mol. The Morgan fingerprint density at radius 3 is 2.50 bits per heavy atom. The molecule has 2 aliphatic heterocycles. The fourth-order valence-corrected chi connectivity index (χ4v) is 5.36. The normalized spacial score (nSPS) is 19.1. The van der Waals surface area contributed by atoms with Gasteiger partial charge in [0.2, 0.25) is 9.84 Å². The van der Waals surface area contributed by atoms with Crippen LogP contribution in [0.4, 0.5) is 11.4 Å². The van der Waals surface area contributed by atoms with Crippen molar-refractivity contribution in [3.63, 3.8) is 0 Å². The number of likely N-dealkylation sites (tertiary alicyclic amines) is 1. The van der Waals surface area contributed by atoms with E-state index in [-0.39, 0.29) is 9.80 Å². The van der Waals surface area contributed by atoms with Crippen LogP contribution in [0.25, 0.3) is 0 Å². The highest BCUT2D eigenvalue weighted by Crippen LogP contribution is 2.40. The summed E-state index contributed by atoms with van der Waals surface area (Å²) in [5.41, 5.74) is 1.21. The Balaban J connectivity index is 1.82. The topological polar surface area (TPSA) is 57.7 Å². The molecule has 0 unspecified atom stereocenters. The Kier molecular flexibility index (Phi) is 4.93. The molecule has 0 atom stereocenters. The largest absolute Gasteiger partial charge is 0.338 e. The van der Waals surface area contributed by atoms with E-state index in [9.17, 15) is 13.2 Å². The van der Waals surface area contributed by atoms with E-state index < -0.39 is 15.7 Å². The number of carbonyl (C=O) groups is 1. The number of hydrogen-bond donors (Lipinski definition) is 0. The molecular weight excluding hydrogens is 396 g/mol. The molecule has 28 heavy (non-hydrogen) atoms. The number of anilines is 2. The zero-order valence-electron chi connectivity index (χ0n) is 15.5. The summed E-state index contributed by atoms with van der Waals surface area (Å²) in [6, 6.07) is 13.8. The lowest BCUT2D eigenvalue weighted by molar-refractivity contribution is -0.127. The third kappa shape index (κ3) is 3.31. The van der Waals surface area contributed by atoms with Crippen LogP contribution in [-0.2, 0) is 14.6 Å². The molecule has 0 aliphatic carbocycles. The molecule has 1 fully saturated rings. The maximum atomic E-state index is 13.2. The minimum atomic E-state index is -3.90. The fourth-order valence-electron chi connectivity index (χ4n) is 3.64. The maximum absolute atomic E-state index is 13.2. The van der Waals surface area contributed by atoms with Crippen molar-refractivity contribution in [1.82, 2.24) is 4.90 Å². The van der Waals surface area contributed by atoms with Crippen molar-refractivity contribution in [3.05, 3.63) is 64.7 Å². The number of nitrogens with zero attached hydrogens (tertiary/aromatic N) is 2. The molecule has 0 radical (unpaired) electrons. The summed E-state index contributed by atoms with van der Waals surface area (Å²) in [7, 11) is -3.90. The van der Waals surface area contributed by atoms with Gasteiger partial charge in [0, 0.05) is 30.0 Å². The second kappa shape index (κ2) is 7.26. The zero-order chi connectivity index (χ0) is 19.9. The molecule has 2 aromatic rings. The Hall–Kier alpha value is -2.31. The van der Waals surface area contributed by atoms with Gasteiger partial charge in [-0.1, -0.05) is 36.7 Å². The maximum Gasteiger partial charge on any atom is 0.267 e. The summed E-state index contributed by atoms with van der Waals surface area (Å²) in [6.07, 6.45) is 3.20. The van der Waals surface area contributed by atoms with Crippen LogP contribution >= 0.6 is 11.6 Å². The first kappa shape index (κ1) is 19.0. The van der Waals surface area contributed by atoms with Crippen LogP contribution < -0.4 is 4.90 Å². The monoisotopic (exact) mass is 416 g/mol. The van der Waals surface area contributed by atoms with Crippen LogP contribution in [0.5, 0.6) is 0 Å². The summed E-state index contributed by atoms with van der Waals surface area (Å²) < 4.78 is 26.5. The van der Waals surface area contributed by atoms with Crippen LogP contribution in [0.3, 0.4) is 0 Å². The Labute approximate surface area is 170 Å². The van der Waals surface area contributed by atoms with Crippen molar-refractivity contribution >= 4 is 38.7 Å². The Bertz CT molecular complexity index is 1060. The van der Waals surface area contributed by atoms with Gasteiger partial charge in [0.15, 0.2) is 4.91 Å². The number of para-hydroxylation sites is 1. The lowest BCUT2D eigenvalue weighted by Crippen LogP contribution is -2.41. The molecule has 1 amide bonds. The fraction of sp³-hybridized carbons (Fsp3) is 0.286. The summed E-state index contributed by atoms with van der Waals surface area (Å²) in [5, 5.41) is 0.537. The Morgan fingerprint density at radius 2 is 1.79 bits per heavy atom. The number of sulfone groups is 1. The van der Waals surface area contributed by atoms with Crippen LogP contribution in [0.15, 0.2) is 64.5 Å². The van der Waals surface area contributed by atoms with E-state index in [4.69, 9.17) is 11.6 Å².